The summed E-state index contributed by atoms with van der Waals surface area (Å²) in [4.78, 5) is 12.1. The second-order valence-electron chi connectivity index (χ2n) is 5.93. The standard InChI is InChI=1S/C15H20ClFN2O/c1-15(2)6-3-7-18-13(15)9-19-14(20)11-5-4-10(17)8-12(11)16/h4-5,8,13,18H,3,6-7,9H2,1-2H3,(H,19,20). The highest BCUT2D eigenvalue weighted by Gasteiger charge is 2.32. The Balaban J connectivity index is 1.98. The van der Waals surface area contributed by atoms with Crippen molar-refractivity contribution in [3.8, 4) is 0 Å². The van der Waals surface area contributed by atoms with Crippen molar-refractivity contribution >= 4 is 17.5 Å². The molecule has 0 aliphatic carbocycles. The molecule has 0 saturated carbocycles. The van der Waals surface area contributed by atoms with Gasteiger partial charge < -0.3 is 10.6 Å². The van der Waals surface area contributed by atoms with E-state index < -0.39 is 5.82 Å². The molecule has 1 aromatic carbocycles. The Morgan fingerprint density at radius 1 is 1.55 bits per heavy atom. The molecule has 1 amide bonds. The minimum absolute atomic E-state index is 0.137. The lowest BCUT2D eigenvalue weighted by molar-refractivity contribution is 0.0929. The number of hydrogen-bond acceptors (Lipinski definition) is 2. The molecular formula is C15H20ClFN2O. The van der Waals surface area contributed by atoms with Crippen LogP contribution in [0.15, 0.2) is 18.2 Å². The van der Waals surface area contributed by atoms with Crippen LogP contribution in [0.3, 0.4) is 0 Å². The molecule has 1 aliphatic heterocycles. The highest BCUT2D eigenvalue weighted by Crippen LogP contribution is 2.29. The Hall–Kier alpha value is -1.13. The molecule has 1 heterocycles. The third-order valence-electron chi connectivity index (χ3n) is 3.97. The molecule has 0 radical (unpaired) electrons. The summed E-state index contributed by atoms with van der Waals surface area (Å²) >= 11 is 5.89. The molecule has 1 unspecified atom stereocenters. The summed E-state index contributed by atoms with van der Waals surface area (Å²) in [6.07, 6.45) is 2.29. The summed E-state index contributed by atoms with van der Waals surface area (Å²) in [5.74, 6) is -0.709. The van der Waals surface area contributed by atoms with Gasteiger partial charge in [0.2, 0.25) is 0 Å². The van der Waals surface area contributed by atoms with Crippen molar-refractivity contribution in [3.05, 3.63) is 34.6 Å². The topological polar surface area (TPSA) is 41.1 Å². The van der Waals surface area contributed by atoms with Crippen LogP contribution in [0.5, 0.6) is 0 Å². The summed E-state index contributed by atoms with van der Waals surface area (Å²) in [5.41, 5.74) is 0.458. The van der Waals surface area contributed by atoms with Crippen LogP contribution in [0.2, 0.25) is 5.02 Å². The van der Waals surface area contributed by atoms with Crippen molar-refractivity contribution in [1.82, 2.24) is 10.6 Å². The van der Waals surface area contributed by atoms with E-state index in [1.807, 2.05) is 0 Å². The fraction of sp³-hybridized carbons (Fsp3) is 0.533. The van der Waals surface area contributed by atoms with Gasteiger partial charge in [-0.05, 0) is 43.0 Å². The summed E-state index contributed by atoms with van der Waals surface area (Å²) < 4.78 is 13.0. The second-order valence-corrected chi connectivity index (χ2v) is 6.34. The van der Waals surface area contributed by atoms with E-state index in [-0.39, 0.29) is 22.4 Å². The largest absolute Gasteiger partial charge is 0.350 e. The van der Waals surface area contributed by atoms with Crippen LogP contribution in [0.4, 0.5) is 4.39 Å². The first-order valence-electron chi connectivity index (χ1n) is 6.87. The summed E-state index contributed by atoms with van der Waals surface area (Å²) in [6, 6.07) is 4.04. The van der Waals surface area contributed by atoms with Gasteiger partial charge in [-0.2, -0.15) is 0 Å². The molecule has 0 spiro atoms. The van der Waals surface area contributed by atoms with E-state index in [0.29, 0.717) is 12.1 Å². The van der Waals surface area contributed by atoms with E-state index in [2.05, 4.69) is 24.5 Å². The third-order valence-corrected chi connectivity index (χ3v) is 4.29. The molecule has 5 heteroatoms. The van der Waals surface area contributed by atoms with Crippen LogP contribution in [0.25, 0.3) is 0 Å². The zero-order chi connectivity index (χ0) is 14.8. The zero-order valence-corrected chi connectivity index (χ0v) is 12.6. The van der Waals surface area contributed by atoms with Gasteiger partial charge in [0, 0.05) is 12.6 Å². The van der Waals surface area contributed by atoms with Gasteiger partial charge in [-0.1, -0.05) is 25.4 Å². The number of hydrogen-bond donors (Lipinski definition) is 2. The predicted molar refractivity (Wildman–Crippen MR) is 78.5 cm³/mol. The molecule has 1 aliphatic rings. The van der Waals surface area contributed by atoms with Crippen molar-refractivity contribution in [3.63, 3.8) is 0 Å². The van der Waals surface area contributed by atoms with Crippen LogP contribution in [0, 0.1) is 11.2 Å². The number of piperidine rings is 1. The third kappa shape index (κ3) is 3.49. The number of halogens is 2. The minimum atomic E-state index is -0.443. The number of carbonyl (C=O) groups is 1. The van der Waals surface area contributed by atoms with Crippen LogP contribution >= 0.6 is 11.6 Å². The number of carbonyl (C=O) groups excluding carboxylic acids is 1. The van der Waals surface area contributed by atoms with Gasteiger partial charge in [0.1, 0.15) is 5.82 Å². The molecule has 0 aromatic heterocycles. The molecular weight excluding hydrogens is 279 g/mol. The van der Waals surface area contributed by atoms with E-state index in [0.717, 1.165) is 25.5 Å². The normalized spacial score (nSPS) is 21.5. The van der Waals surface area contributed by atoms with Gasteiger partial charge in [-0.15, -0.1) is 0 Å². The van der Waals surface area contributed by atoms with Crippen molar-refractivity contribution in [2.24, 2.45) is 5.41 Å². The number of amides is 1. The highest BCUT2D eigenvalue weighted by atomic mass is 35.5. The molecule has 1 atom stereocenters. The lowest BCUT2D eigenvalue weighted by Crippen LogP contribution is -2.52. The minimum Gasteiger partial charge on any atom is -0.350 e. The Morgan fingerprint density at radius 2 is 2.30 bits per heavy atom. The maximum Gasteiger partial charge on any atom is 0.252 e. The Morgan fingerprint density at radius 3 is 2.95 bits per heavy atom. The number of rotatable bonds is 3. The predicted octanol–water partition coefficient (Wildman–Crippen LogP) is 2.99. The smallest absolute Gasteiger partial charge is 0.252 e. The van der Waals surface area contributed by atoms with Gasteiger partial charge >= 0.3 is 0 Å². The van der Waals surface area contributed by atoms with Crippen LogP contribution in [0.1, 0.15) is 37.0 Å². The average Bonchev–Trinajstić information content (AvgIpc) is 2.36. The maximum atomic E-state index is 13.0. The zero-order valence-electron chi connectivity index (χ0n) is 11.8. The quantitative estimate of drug-likeness (QED) is 0.901. The van der Waals surface area contributed by atoms with Crippen molar-refractivity contribution in [1.29, 1.82) is 0 Å². The highest BCUT2D eigenvalue weighted by molar-refractivity contribution is 6.33. The SMILES string of the molecule is CC1(C)CCCNC1CNC(=O)c1ccc(F)cc1Cl. The van der Waals surface area contributed by atoms with Crippen molar-refractivity contribution in [2.45, 2.75) is 32.7 Å². The molecule has 1 saturated heterocycles. The van der Waals surface area contributed by atoms with Crippen molar-refractivity contribution < 1.29 is 9.18 Å². The van der Waals surface area contributed by atoms with Gasteiger partial charge in [0.25, 0.3) is 5.91 Å². The Labute approximate surface area is 123 Å². The Kier molecular flexibility index (Phi) is 4.66. The first-order chi connectivity index (χ1) is 9.40. The van der Waals surface area contributed by atoms with Gasteiger partial charge in [-0.25, -0.2) is 4.39 Å². The first-order valence-corrected chi connectivity index (χ1v) is 7.24. The summed E-state index contributed by atoms with van der Waals surface area (Å²) in [7, 11) is 0. The summed E-state index contributed by atoms with van der Waals surface area (Å²) in [5, 5.41) is 6.45. The van der Waals surface area contributed by atoms with E-state index in [4.69, 9.17) is 11.6 Å². The lowest BCUT2D eigenvalue weighted by atomic mass is 9.77. The fourth-order valence-corrected chi connectivity index (χ4v) is 2.84. The lowest BCUT2D eigenvalue weighted by Gasteiger charge is -2.39. The molecule has 3 nitrogen and oxygen atoms in total. The molecule has 0 bridgehead atoms. The van der Waals surface area contributed by atoms with Crippen LogP contribution in [-0.2, 0) is 0 Å². The summed E-state index contributed by atoms with van der Waals surface area (Å²) in [6.45, 7) is 5.91. The van der Waals surface area contributed by atoms with Crippen LogP contribution in [-0.4, -0.2) is 25.0 Å². The molecule has 1 fully saturated rings. The van der Waals surface area contributed by atoms with Gasteiger partial charge in [-0.3, -0.25) is 4.79 Å². The van der Waals surface area contributed by atoms with E-state index in [1.165, 1.54) is 12.1 Å². The van der Waals surface area contributed by atoms with Crippen LogP contribution < -0.4 is 10.6 Å². The van der Waals surface area contributed by atoms with E-state index in [9.17, 15) is 9.18 Å². The number of nitrogens with one attached hydrogen (secondary N) is 2. The Bertz CT molecular complexity index is 505. The molecule has 110 valence electrons. The molecule has 2 N–H and O–H groups in total. The fourth-order valence-electron chi connectivity index (χ4n) is 2.58. The van der Waals surface area contributed by atoms with Gasteiger partial charge in [0.15, 0.2) is 0 Å². The van der Waals surface area contributed by atoms with E-state index >= 15 is 0 Å². The number of benzene rings is 1. The molecule has 2 rings (SSSR count). The molecule has 1 aromatic rings. The average molecular weight is 299 g/mol. The second kappa shape index (κ2) is 6.10. The maximum absolute atomic E-state index is 13.0. The molecule has 20 heavy (non-hydrogen) atoms. The van der Waals surface area contributed by atoms with Crippen molar-refractivity contribution in [2.75, 3.05) is 13.1 Å². The van der Waals surface area contributed by atoms with E-state index in [1.54, 1.807) is 0 Å². The first kappa shape index (κ1) is 15.3. The monoisotopic (exact) mass is 298 g/mol. The van der Waals surface area contributed by atoms with Gasteiger partial charge in [0.05, 0.1) is 10.6 Å².